The zero-order valence-electron chi connectivity index (χ0n) is 12.4. The summed E-state index contributed by atoms with van der Waals surface area (Å²) in [5.41, 5.74) is 7.18. The molecule has 3 rings (SSSR count). The van der Waals surface area contributed by atoms with Gasteiger partial charge in [0.2, 0.25) is 15.9 Å². The quantitative estimate of drug-likeness (QED) is 0.882. The first-order valence-electron chi connectivity index (χ1n) is 7.14. The normalized spacial score (nSPS) is 18.2. The Hall–Kier alpha value is -1.60. The molecule has 2 aromatic carbocycles. The highest BCUT2D eigenvalue weighted by atomic mass is 35.5. The van der Waals surface area contributed by atoms with Gasteiger partial charge in [0.05, 0.1) is 10.0 Å². The van der Waals surface area contributed by atoms with E-state index in [0.29, 0.717) is 0 Å². The third-order valence-electron chi connectivity index (χ3n) is 4.02. The summed E-state index contributed by atoms with van der Waals surface area (Å²) in [5.74, 6) is -0.712. The number of primary amides is 1. The number of carbonyl (C=O) groups is 1. The van der Waals surface area contributed by atoms with Gasteiger partial charge in [-0.05, 0) is 29.7 Å². The average molecular weight is 385 g/mol. The van der Waals surface area contributed by atoms with Crippen LogP contribution in [0.1, 0.15) is 11.1 Å². The second kappa shape index (κ2) is 6.37. The largest absolute Gasteiger partial charge is 0.368 e. The van der Waals surface area contributed by atoms with Crippen molar-refractivity contribution >= 4 is 39.1 Å². The predicted octanol–water partition coefficient (Wildman–Crippen LogP) is 2.59. The molecule has 8 heteroatoms. The number of amides is 1. The Labute approximate surface area is 150 Å². The van der Waals surface area contributed by atoms with Crippen LogP contribution in [0.25, 0.3) is 0 Å². The van der Waals surface area contributed by atoms with Crippen molar-refractivity contribution in [2.24, 2.45) is 5.73 Å². The third-order valence-corrected chi connectivity index (χ3v) is 6.83. The molecule has 2 N–H and O–H groups in total. The van der Waals surface area contributed by atoms with Crippen molar-refractivity contribution in [2.75, 3.05) is 0 Å². The molecule has 1 atom stereocenters. The first-order chi connectivity index (χ1) is 11.3. The van der Waals surface area contributed by atoms with Gasteiger partial charge in [-0.3, -0.25) is 4.79 Å². The number of hydrogen-bond acceptors (Lipinski definition) is 3. The zero-order valence-corrected chi connectivity index (χ0v) is 14.8. The van der Waals surface area contributed by atoms with Gasteiger partial charge in [0.15, 0.2) is 0 Å². The lowest BCUT2D eigenvalue weighted by atomic mass is 9.96. The molecule has 1 heterocycles. The van der Waals surface area contributed by atoms with Gasteiger partial charge in [0, 0.05) is 6.54 Å². The van der Waals surface area contributed by atoms with Crippen molar-refractivity contribution in [1.29, 1.82) is 0 Å². The van der Waals surface area contributed by atoms with Crippen LogP contribution >= 0.6 is 23.2 Å². The molecule has 0 bridgehead atoms. The Balaban J connectivity index is 2.14. The van der Waals surface area contributed by atoms with Crippen LogP contribution < -0.4 is 5.73 Å². The summed E-state index contributed by atoms with van der Waals surface area (Å²) in [6, 6.07) is 10.8. The summed E-state index contributed by atoms with van der Waals surface area (Å²) in [5, 5.41) is 0.00848. The van der Waals surface area contributed by atoms with Gasteiger partial charge in [0.25, 0.3) is 0 Å². The Kier molecular flexibility index (Phi) is 4.57. The maximum Gasteiger partial charge on any atom is 0.247 e. The van der Waals surface area contributed by atoms with Crippen molar-refractivity contribution in [2.45, 2.75) is 23.9 Å². The average Bonchev–Trinajstić information content (AvgIpc) is 2.53. The number of benzene rings is 2. The topological polar surface area (TPSA) is 80.5 Å². The zero-order chi connectivity index (χ0) is 17.5. The minimum atomic E-state index is -4.09. The van der Waals surface area contributed by atoms with E-state index < -0.39 is 22.0 Å². The lowest BCUT2D eigenvalue weighted by molar-refractivity contribution is -0.122. The molecule has 0 aliphatic carbocycles. The summed E-state index contributed by atoms with van der Waals surface area (Å²) < 4.78 is 27.3. The lowest BCUT2D eigenvalue weighted by Gasteiger charge is -2.34. The van der Waals surface area contributed by atoms with Gasteiger partial charge in [-0.1, -0.05) is 53.5 Å². The van der Waals surface area contributed by atoms with E-state index in [1.165, 1.54) is 12.1 Å². The molecule has 0 fully saturated rings. The molecule has 0 unspecified atom stereocenters. The van der Waals surface area contributed by atoms with Gasteiger partial charge in [-0.25, -0.2) is 8.42 Å². The summed E-state index contributed by atoms with van der Waals surface area (Å²) >= 11 is 12.1. The third kappa shape index (κ3) is 2.91. The maximum atomic E-state index is 13.1. The second-order valence-electron chi connectivity index (χ2n) is 5.49. The van der Waals surface area contributed by atoms with E-state index in [1.807, 2.05) is 24.3 Å². The van der Waals surface area contributed by atoms with Crippen LogP contribution in [-0.4, -0.2) is 24.7 Å². The van der Waals surface area contributed by atoms with Gasteiger partial charge in [-0.2, -0.15) is 4.31 Å². The van der Waals surface area contributed by atoms with E-state index in [2.05, 4.69) is 0 Å². The van der Waals surface area contributed by atoms with Crippen molar-refractivity contribution in [3.8, 4) is 0 Å². The maximum absolute atomic E-state index is 13.1. The summed E-state index contributed by atoms with van der Waals surface area (Å²) in [4.78, 5) is 11.7. The van der Waals surface area contributed by atoms with E-state index in [0.717, 1.165) is 15.4 Å². The van der Waals surface area contributed by atoms with Crippen molar-refractivity contribution in [3.63, 3.8) is 0 Å². The molecule has 1 aliphatic rings. The second-order valence-corrected chi connectivity index (χ2v) is 8.13. The van der Waals surface area contributed by atoms with Crippen molar-refractivity contribution < 1.29 is 13.2 Å². The molecule has 0 spiro atoms. The highest BCUT2D eigenvalue weighted by Gasteiger charge is 2.40. The molecule has 126 valence electrons. The van der Waals surface area contributed by atoms with Crippen molar-refractivity contribution in [1.82, 2.24) is 4.31 Å². The summed E-state index contributed by atoms with van der Waals surface area (Å²) in [7, 11) is -4.09. The van der Waals surface area contributed by atoms with Crippen molar-refractivity contribution in [3.05, 3.63) is 63.6 Å². The number of nitrogens with two attached hydrogens (primary N) is 1. The molecule has 0 radical (unpaired) electrons. The fourth-order valence-corrected chi connectivity index (χ4v) is 5.51. The molecule has 1 aliphatic heterocycles. The van der Waals surface area contributed by atoms with E-state index in [4.69, 9.17) is 28.9 Å². The minimum Gasteiger partial charge on any atom is -0.368 e. The van der Waals surface area contributed by atoms with Gasteiger partial charge >= 0.3 is 0 Å². The highest BCUT2D eigenvalue weighted by molar-refractivity contribution is 7.89. The number of halogens is 2. The Bertz CT molecular complexity index is 895. The predicted molar refractivity (Wildman–Crippen MR) is 92.3 cm³/mol. The Morgan fingerprint density at radius 3 is 2.21 bits per heavy atom. The van der Waals surface area contributed by atoms with Crippen LogP contribution in [0.4, 0.5) is 0 Å². The fraction of sp³-hybridized carbons (Fsp3) is 0.188. The number of nitrogens with zero attached hydrogens (tertiary/aromatic N) is 1. The van der Waals surface area contributed by atoms with E-state index in [1.54, 1.807) is 6.07 Å². The van der Waals surface area contributed by atoms with Gasteiger partial charge in [-0.15, -0.1) is 0 Å². The van der Waals surface area contributed by atoms with Crippen LogP contribution in [0.5, 0.6) is 0 Å². The van der Waals surface area contributed by atoms with Gasteiger partial charge < -0.3 is 5.73 Å². The van der Waals surface area contributed by atoms with E-state index in [-0.39, 0.29) is 27.9 Å². The molecule has 0 aromatic heterocycles. The minimum absolute atomic E-state index is 0.00424. The number of sulfonamides is 1. The van der Waals surface area contributed by atoms with E-state index >= 15 is 0 Å². The Morgan fingerprint density at radius 2 is 1.62 bits per heavy atom. The molecular weight excluding hydrogens is 371 g/mol. The van der Waals surface area contributed by atoms with Crippen LogP contribution in [-0.2, 0) is 27.8 Å². The molecule has 2 aromatic rings. The summed E-state index contributed by atoms with van der Waals surface area (Å²) in [6.45, 7) is 0.0354. The van der Waals surface area contributed by atoms with E-state index in [9.17, 15) is 13.2 Å². The van der Waals surface area contributed by atoms with Crippen LogP contribution in [0, 0.1) is 0 Å². The first kappa shape index (κ1) is 17.2. The Morgan fingerprint density at radius 1 is 1.04 bits per heavy atom. The smallest absolute Gasteiger partial charge is 0.247 e. The standard InChI is InChI=1S/C16H14Cl2N2O3S/c17-12-6-3-7-13(18)15(12)24(22,23)20-9-11-5-2-1-4-10(11)8-14(20)16(19)21/h1-7,14H,8-9H2,(H2,19,21)/t14-/m0/s1. The highest BCUT2D eigenvalue weighted by Crippen LogP contribution is 2.35. The SMILES string of the molecule is NC(=O)[C@@H]1Cc2ccccc2CN1S(=O)(=O)c1c(Cl)cccc1Cl. The number of rotatable bonds is 3. The lowest BCUT2D eigenvalue weighted by Crippen LogP contribution is -2.51. The summed E-state index contributed by atoms with van der Waals surface area (Å²) in [6.07, 6.45) is 0.215. The van der Waals surface area contributed by atoms with Crippen LogP contribution in [0.15, 0.2) is 47.4 Å². The molecule has 0 saturated heterocycles. The van der Waals surface area contributed by atoms with Crippen LogP contribution in [0.3, 0.4) is 0 Å². The molecule has 24 heavy (non-hydrogen) atoms. The molecule has 0 saturated carbocycles. The molecule has 1 amide bonds. The molecule has 5 nitrogen and oxygen atoms in total. The fourth-order valence-electron chi connectivity index (χ4n) is 2.84. The van der Waals surface area contributed by atoms with Crippen LogP contribution in [0.2, 0.25) is 10.0 Å². The number of carbonyl (C=O) groups excluding carboxylic acids is 1. The first-order valence-corrected chi connectivity index (χ1v) is 9.34. The monoisotopic (exact) mass is 384 g/mol. The number of fused-ring (bicyclic) bond motifs is 1. The molecular formula is C16H14Cl2N2O3S. The number of hydrogen-bond donors (Lipinski definition) is 1. The van der Waals surface area contributed by atoms with Gasteiger partial charge in [0.1, 0.15) is 10.9 Å².